The van der Waals surface area contributed by atoms with Crippen molar-refractivity contribution in [1.82, 2.24) is 0 Å². The van der Waals surface area contributed by atoms with Gasteiger partial charge in [-0.25, -0.2) is 13.8 Å². The number of carbonyl (C=O) groups excluding carboxylic acids is 1. The van der Waals surface area contributed by atoms with E-state index in [0.717, 1.165) is 56.7 Å². The molecule has 0 heterocycles. The maximum atomic E-state index is 12.4. The molecule has 0 aliphatic rings. The number of hydrogen-bond acceptors (Lipinski definition) is 15. The first kappa shape index (κ1) is 40.0. The molecule has 0 saturated carbocycles. The van der Waals surface area contributed by atoms with E-state index in [2.05, 4.69) is 4.18 Å². The zero-order valence-electron chi connectivity index (χ0n) is 26.5. The first-order chi connectivity index (χ1) is 23.9. The summed E-state index contributed by atoms with van der Waals surface area (Å²) in [5.74, 6) is -4.51. The van der Waals surface area contributed by atoms with Gasteiger partial charge in [0, 0.05) is 6.08 Å². The van der Waals surface area contributed by atoms with Gasteiger partial charge in [-0.1, -0.05) is 18.2 Å². The van der Waals surface area contributed by atoms with Crippen molar-refractivity contribution >= 4 is 45.1 Å². The molecule has 0 aliphatic carbocycles. The Morgan fingerprint density at radius 1 is 0.706 bits per heavy atom. The van der Waals surface area contributed by atoms with Crippen molar-refractivity contribution in [1.29, 1.82) is 0 Å². The van der Waals surface area contributed by atoms with Crippen LogP contribution in [-0.2, 0) is 39.4 Å². The third-order valence-corrected chi connectivity index (χ3v) is 7.39. The number of rotatable bonds is 19. The Morgan fingerprint density at radius 3 is 1.78 bits per heavy atom. The monoisotopic (exact) mass is 758 g/mol. The van der Waals surface area contributed by atoms with Crippen LogP contribution in [0.15, 0.2) is 60.7 Å². The highest BCUT2D eigenvalue weighted by atomic mass is 32.3. The number of benzene rings is 3. The van der Waals surface area contributed by atoms with Gasteiger partial charge in [0.15, 0.2) is 53.0 Å². The third-order valence-electron chi connectivity index (χ3n) is 6.55. The number of aliphatic hydroxyl groups is 1. The zero-order chi connectivity index (χ0) is 38.1. The molecule has 19 nitrogen and oxygen atoms in total. The normalized spacial score (nSPS) is 14.1. The fraction of sp³-hybridized carbons (Fsp3) is 0.233. The van der Waals surface area contributed by atoms with Gasteiger partial charge in [0.05, 0.1) is 21.3 Å². The first-order valence-corrected chi connectivity index (χ1v) is 16.6. The highest BCUT2D eigenvalue weighted by Gasteiger charge is 2.38. The van der Waals surface area contributed by atoms with E-state index in [1.54, 1.807) is 0 Å². The standard InChI is InChI=1S/C30H30O19S2/c1-43-22-12-16(5-11-26(32)33)4-8-20(22)47-29(30(35)36)28(49-51(40,41)42)18-7-9-19(23(14-18)44-2)46-25(15-31)27(34)17-6-10-21(24(13-17)45-3)48-50(37,38)39/h4-15,25,27-29,34H,1-3H3,(H,32,33)(H,35,36)(H,37,38,39)(H,40,41,42)/b11-5+. The summed E-state index contributed by atoms with van der Waals surface area (Å²) >= 11 is 0. The van der Waals surface area contributed by atoms with E-state index in [9.17, 15) is 46.0 Å². The number of carbonyl (C=O) groups is 3. The van der Waals surface area contributed by atoms with Gasteiger partial charge in [0.25, 0.3) is 0 Å². The number of methoxy groups -OCH3 is 3. The maximum absolute atomic E-state index is 12.4. The van der Waals surface area contributed by atoms with Crippen molar-refractivity contribution in [2.24, 2.45) is 0 Å². The van der Waals surface area contributed by atoms with Crippen LogP contribution >= 0.6 is 0 Å². The van der Waals surface area contributed by atoms with Crippen molar-refractivity contribution in [3.63, 3.8) is 0 Å². The molecule has 4 unspecified atom stereocenters. The van der Waals surface area contributed by atoms with E-state index in [1.807, 2.05) is 0 Å². The molecule has 3 rings (SSSR count). The van der Waals surface area contributed by atoms with Gasteiger partial charge in [-0.15, -0.1) is 0 Å². The number of carboxylic acids is 2. The molecular weight excluding hydrogens is 728 g/mol. The summed E-state index contributed by atoms with van der Waals surface area (Å²) in [6.07, 6.45) is -5.46. The second kappa shape index (κ2) is 17.0. The summed E-state index contributed by atoms with van der Waals surface area (Å²) in [5, 5.41) is 29.8. The minimum absolute atomic E-state index is 0.0355. The minimum atomic E-state index is -5.35. The first-order valence-electron chi connectivity index (χ1n) is 13.9. The summed E-state index contributed by atoms with van der Waals surface area (Å²) < 4.78 is 100. The van der Waals surface area contributed by atoms with Crippen LogP contribution in [0, 0.1) is 0 Å². The Morgan fingerprint density at radius 2 is 1.24 bits per heavy atom. The molecule has 5 N–H and O–H groups in total. The van der Waals surface area contributed by atoms with Crippen molar-refractivity contribution in [2.75, 3.05) is 21.3 Å². The van der Waals surface area contributed by atoms with Crippen LogP contribution in [-0.4, -0.2) is 93.0 Å². The predicted octanol–water partition coefficient (Wildman–Crippen LogP) is 2.06. The Balaban J connectivity index is 1.99. The number of carboxylic acid groups (broad SMARTS) is 2. The van der Waals surface area contributed by atoms with Gasteiger partial charge in [0.1, 0.15) is 6.10 Å². The zero-order valence-corrected chi connectivity index (χ0v) is 28.1. The molecular formula is C30H30O19S2. The highest BCUT2D eigenvalue weighted by Crippen LogP contribution is 2.38. The summed E-state index contributed by atoms with van der Waals surface area (Å²) in [7, 11) is -6.81. The van der Waals surface area contributed by atoms with E-state index in [0.29, 0.717) is 5.56 Å². The van der Waals surface area contributed by atoms with E-state index < -0.39 is 62.9 Å². The Bertz CT molecular complexity index is 1990. The lowest BCUT2D eigenvalue weighted by atomic mass is 10.0. The van der Waals surface area contributed by atoms with Crippen molar-refractivity contribution in [3.05, 3.63) is 77.4 Å². The van der Waals surface area contributed by atoms with Crippen molar-refractivity contribution in [3.8, 4) is 34.5 Å². The van der Waals surface area contributed by atoms with Crippen LogP contribution in [0.25, 0.3) is 6.08 Å². The van der Waals surface area contributed by atoms with Gasteiger partial charge >= 0.3 is 32.7 Å². The molecule has 4 atom stereocenters. The SMILES string of the molecule is COc1cc(C(OS(=O)(=O)O)C(Oc2ccc(/C=C/C(=O)O)cc2OC)C(=O)O)ccc1OC(C=O)C(O)c1ccc(OS(=O)(=O)O)c(OC)c1. The minimum Gasteiger partial charge on any atom is -0.493 e. The summed E-state index contributed by atoms with van der Waals surface area (Å²) in [6, 6.07) is 10.4. The van der Waals surface area contributed by atoms with Crippen LogP contribution in [0.3, 0.4) is 0 Å². The number of hydrogen-bond donors (Lipinski definition) is 5. The van der Waals surface area contributed by atoms with Crippen molar-refractivity contribution < 1.29 is 87.7 Å². The Hall–Kier alpha value is -5.45. The van der Waals surface area contributed by atoms with Gasteiger partial charge in [0.2, 0.25) is 6.10 Å². The molecule has 0 saturated heterocycles. The number of aldehydes is 1. The molecule has 0 aromatic heterocycles. The second-order valence-corrected chi connectivity index (χ2v) is 12.0. The Kier molecular flexibility index (Phi) is 13.3. The molecule has 3 aromatic rings. The van der Waals surface area contributed by atoms with Gasteiger partial charge in [-0.05, 0) is 59.2 Å². The molecule has 21 heteroatoms. The highest BCUT2D eigenvalue weighted by molar-refractivity contribution is 7.81. The lowest BCUT2D eigenvalue weighted by Crippen LogP contribution is -2.36. The number of ether oxygens (including phenoxy) is 5. The molecule has 0 bridgehead atoms. The molecule has 0 spiro atoms. The van der Waals surface area contributed by atoms with E-state index in [-0.39, 0.29) is 46.2 Å². The molecule has 3 aromatic carbocycles. The summed E-state index contributed by atoms with van der Waals surface area (Å²) in [6.45, 7) is 0. The average Bonchev–Trinajstić information content (AvgIpc) is 3.06. The maximum Gasteiger partial charge on any atom is 0.446 e. The molecule has 0 fully saturated rings. The quantitative estimate of drug-likeness (QED) is 0.0664. The topological polar surface area (TPSA) is 285 Å². The Labute approximate surface area is 290 Å². The van der Waals surface area contributed by atoms with Gasteiger partial charge < -0.3 is 43.2 Å². The van der Waals surface area contributed by atoms with Crippen LogP contribution < -0.4 is 27.9 Å². The lowest BCUT2D eigenvalue weighted by Gasteiger charge is -2.26. The van der Waals surface area contributed by atoms with Gasteiger partial charge in [-0.2, -0.15) is 16.8 Å². The summed E-state index contributed by atoms with van der Waals surface area (Å²) in [5.41, 5.74) is 0.0128. The average molecular weight is 759 g/mol. The fourth-order valence-corrected chi connectivity index (χ4v) is 5.19. The largest absolute Gasteiger partial charge is 0.493 e. The van der Waals surface area contributed by atoms with E-state index >= 15 is 0 Å². The van der Waals surface area contributed by atoms with Gasteiger partial charge in [-0.3, -0.25) is 13.9 Å². The van der Waals surface area contributed by atoms with Crippen LogP contribution in [0.5, 0.6) is 34.5 Å². The molecule has 0 aliphatic heterocycles. The lowest BCUT2D eigenvalue weighted by molar-refractivity contribution is -0.150. The molecule has 0 radical (unpaired) electrons. The predicted molar refractivity (Wildman–Crippen MR) is 171 cm³/mol. The van der Waals surface area contributed by atoms with Crippen molar-refractivity contribution in [2.45, 2.75) is 24.4 Å². The second-order valence-electron chi connectivity index (χ2n) is 9.90. The number of aliphatic hydroxyl groups excluding tert-OH is 1. The molecule has 276 valence electrons. The van der Waals surface area contributed by atoms with Crippen LogP contribution in [0.4, 0.5) is 0 Å². The third kappa shape index (κ3) is 11.3. The van der Waals surface area contributed by atoms with Crippen LogP contribution in [0.1, 0.15) is 28.9 Å². The summed E-state index contributed by atoms with van der Waals surface area (Å²) in [4.78, 5) is 35.3. The van der Waals surface area contributed by atoms with Crippen LogP contribution in [0.2, 0.25) is 0 Å². The van der Waals surface area contributed by atoms with E-state index in [1.165, 1.54) is 31.4 Å². The smallest absolute Gasteiger partial charge is 0.446 e. The van der Waals surface area contributed by atoms with E-state index in [4.69, 9.17) is 37.5 Å². The molecule has 51 heavy (non-hydrogen) atoms. The fourth-order valence-electron chi connectivity index (χ4n) is 4.35. The molecule has 0 amide bonds. The number of aliphatic carboxylic acids is 2.